The van der Waals surface area contributed by atoms with E-state index in [-0.39, 0.29) is 35.8 Å². The minimum Gasteiger partial charge on any atom is -0.383 e. The molecule has 3 rings (SSSR count). The Morgan fingerprint density at radius 2 is 1.90 bits per heavy atom. The number of nitrogen functional groups attached to an aromatic ring is 2. The molecular formula is C13H12FN5O. The highest BCUT2D eigenvalue weighted by molar-refractivity contribution is 5.95. The molecule has 2 aromatic rings. The topological polar surface area (TPSA) is 107 Å². The van der Waals surface area contributed by atoms with Gasteiger partial charge in [0.1, 0.15) is 17.5 Å². The highest BCUT2D eigenvalue weighted by Gasteiger charge is 2.30. The number of benzene rings is 1. The average Bonchev–Trinajstić information content (AvgIpc) is 2.37. The number of hydrogen-bond acceptors (Lipinski definition) is 5. The number of nitrogens with one attached hydrogen (secondary N) is 1. The van der Waals surface area contributed by atoms with E-state index in [2.05, 4.69) is 15.3 Å². The minimum absolute atomic E-state index is 0.00121. The van der Waals surface area contributed by atoms with E-state index in [4.69, 9.17) is 11.5 Å². The lowest BCUT2D eigenvalue weighted by atomic mass is 9.86. The van der Waals surface area contributed by atoms with E-state index in [0.717, 1.165) is 5.56 Å². The van der Waals surface area contributed by atoms with Crippen LogP contribution >= 0.6 is 0 Å². The average molecular weight is 273 g/mol. The van der Waals surface area contributed by atoms with Crippen molar-refractivity contribution in [3.8, 4) is 0 Å². The van der Waals surface area contributed by atoms with E-state index in [0.29, 0.717) is 11.4 Å². The first kappa shape index (κ1) is 12.3. The summed E-state index contributed by atoms with van der Waals surface area (Å²) in [5, 5.41) is 2.63. The van der Waals surface area contributed by atoms with Crippen LogP contribution in [0, 0.1) is 5.82 Å². The number of aromatic nitrogens is 2. The fourth-order valence-electron chi connectivity index (χ4n) is 2.39. The molecule has 5 N–H and O–H groups in total. The molecule has 0 aliphatic carbocycles. The van der Waals surface area contributed by atoms with Crippen LogP contribution in [0.15, 0.2) is 24.3 Å². The zero-order chi connectivity index (χ0) is 14.3. The van der Waals surface area contributed by atoms with Crippen molar-refractivity contribution in [1.82, 2.24) is 9.97 Å². The molecule has 1 aromatic heterocycles. The summed E-state index contributed by atoms with van der Waals surface area (Å²) in [6.45, 7) is 0. The van der Waals surface area contributed by atoms with Gasteiger partial charge >= 0.3 is 0 Å². The molecule has 1 atom stereocenters. The zero-order valence-electron chi connectivity index (χ0n) is 10.4. The maximum absolute atomic E-state index is 13.0. The summed E-state index contributed by atoms with van der Waals surface area (Å²) in [5.41, 5.74) is 12.8. The standard InChI is InChI=1S/C13H12FN5O/c14-7-3-1-6(2-4-7)8-5-9(20)17-12-10(8)11(15)18-13(16)19-12/h1-4,8H,5H2,(H5,15,16,17,18,19,20)/t8-/m1/s1. The second kappa shape index (κ2) is 4.44. The lowest BCUT2D eigenvalue weighted by molar-refractivity contribution is -0.116. The summed E-state index contributed by atoms with van der Waals surface area (Å²) >= 11 is 0. The van der Waals surface area contributed by atoms with Crippen LogP contribution in [-0.2, 0) is 4.79 Å². The van der Waals surface area contributed by atoms with Crippen molar-refractivity contribution >= 4 is 23.5 Å². The molecule has 1 amide bonds. The first-order chi connectivity index (χ1) is 9.54. The summed E-state index contributed by atoms with van der Waals surface area (Å²) in [5.74, 6) is -0.288. The molecule has 7 heteroatoms. The van der Waals surface area contributed by atoms with E-state index >= 15 is 0 Å². The van der Waals surface area contributed by atoms with Gasteiger partial charge in [0.25, 0.3) is 0 Å². The molecule has 0 saturated heterocycles. The van der Waals surface area contributed by atoms with Crippen LogP contribution in [0.3, 0.4) is 0 Å². The highest BCUT2D eigenvalue weighted by atomic mass is 19.1. The number of fused-ring (bicyclic) bond motifs is 1. The van der Waals surface area contributed by atoms with E-state index in [1.165, 1.54) is 12.1 Å². The molecule has 0 spiro atoms. The maximum Gasteiger partial charge on any atom is 0.226 e. The molecule has 1 aliphatic rings. The van der Waals surface area contributed by atoms with Crippen LogP contribution in [0.4, 0.5) is 22.0 Å². The van der Waals surface area contributed by atoms with E-state index in [1.807, 2.05) is 0 Å². The lowest BCUT2D eigenvalue weighted by Crippen LogP contribution is -2.26. The number of carbonyl (C=O) groups is 1. The van der Waals surface area contributed by atoms with E-state index in [9.17, 15) is 9.18 Å². The monoisotopic (exact) mass is 273 g/mol. The molecule has 6 nitrogen and oxygen atoms in total. The third-order valence-corrected chi connectivity index (χ3v) is 3.26. The summed E-state index contributed by atoms with van der Waals surface area (Å²) in [6.07, 6.45) is 0.204. The van der Waals surface area contributed by atoms with Gasteiger partial charge in [0.2, 0.25) is 11.9 Å². The van der Waals surface area contributed by atoms with Crippen molar-refractivity contribution in [2.24, 2.45) is 0 Å². The molecule has 20 heavy (non-hydrogen) atoms. The van der Waals surface area contributed by atoms with Gasteiger partial charge < -0.3 is 16.8 Å². The van der Waals surface area contributed by atoms with Crippen LogP contribution in [0.25, 0.3) is 0 Å². The number of hydrogen-bond donors (Lipinski definition) is 3. The summed E-state index contributed by atoms with van der Waals surface area (Å²) < 4.78 is 13.0. The Bertz CT molecular complexity index is 686. The van der Waals surface area contributed by atoms with Crippen molar-refractivity contribution < 1.29 is 9.18 Å². The van der Waals surface area contributed by atoms with Gasteiger partial charge in [-0.25, -0.2) is 4.39 Å². The van der Waals surface area contributed by atoms with Crippen molar-refractivity contribution in [3.05, 3.63) is 41.2 Å². The van der Waals surface area contributed by atoms with Crippen molar-refractivity contribution in [1.29, 1.82) is 0 Å². The first-order valence-corrected chi connectivity index (χ1v) is 6.03. The molecule has 2 heterocycles. The van der Waals surface area contributed by atoms with Gasteiger partial charge in [0.15, 0.2) is 0 Å². The van der Waals surface area contributed by atoms with Gasteiger partial charge in [0, 0.05) is 17.9 Å². The van der Waals surface area contributed by atoms with Crippen LogP contribution in [0.5, 0.6) is 0 Å². The Kier molecular flexibility index (Phi) is 2.74. The highest BCUT2D eigenvalue weighted by Crippen LogP contribution is 2.39. The Labute approximate surface area is 114 Å². The lowest BCUT2D eigenvalue weighted by Gasteiger charge is -2.26. The third-order valence-electron chi connectivity index (χ3n) is 3.26. The quantitative estimate of drug-likeness (QED) is 0.725. The maximum atomic E-state index is 13.0. The van der Waals surface area contributed by atoms with Crippen LogP contribution in [0.1, 0.15) is 23.5 Å². The van der Waals surface area contributed by atoms with Crippen LogP contribution < -0.4 is 16.8 Å². The van der Waals surface area contributed by atoms with Gasteiger partial charge in [-0.05, 0) is 17.7 Å². The normalized spacial score (nSPS) is 17.4. The summed E-state index contributed by atoms with van der Waals surface area (Å²) in [6, 6.07) is 5.93. The molecule has 102 valence electrons. The van der Waals surface area contributed by atoms with E-state index < -0.39 is 0 Å². The van der Waals surface area contributed by atoms with Gasteiger partial charge in [-0.15, -0.1) is 0 Å². The molecule has 1 aromatic carbocycles. The Balaban J connectivity index is 2.14. The second-order valence-corrected chi connectivity index (χ2v) is 4.59. The Morgan fingerprint density at radius 3 is 2.60 bits per heavy atom. The molecule has 1 aliphatic heterocycles. The van der Waals surface area contributed by atoms with Gasteiger partial charge in [-0.2, -0.15) is 9.97 Å². The van der Waals surface area contributed by atoms with Crippen molar-refractivity contribution in [2.75, 3.05) is 16.8 Å². The molecule has 0 unspecified atom stereocenters. The number of carbonyl (C=O) groups excluding carboxylic acids is 1. The molecule has 0 fully saturated rings. The number of anilines is 3. The van der Waals surface area contributed by atoms with Crippen LogP contribution in [-0.4, -0.2) is 15.9 Å². The Morgan fingerprint density at radius 1 is 1.20 bits per heavy atom. The summed E-state index contributed by atoms with van der Waals surface area (Å²) in [4.78, 5) is 19.7. The van der Waals surface area contributed by atoms with E-state index in [1.54, 1.807) is 12.1 Å². The zero-order valence-corrected chi connectivity index (χ0v) is 10.4. The SMILES string of the molecule is Nc1nc(N)c2c(n1)NC(=O)C[C@@H]2c1ccc(F)cc1. The van der Waals surface area contributed by atoms with Gasteiger partial charge in [0.05, 0.1) is 0 Å². The van der Waals surface area contributed by atoms with Crippen molar-refractivity contribution in [2.45, 2.75) is 12.3 Å². The molecular weight excluding hydrogens is 261 g/mol. The van der Waals surface area contributed by atoms with Crippen LogP contribution in [0.2, 0.25) is 0 Å². The molecule has 0 bridgehead atoms. The fraction of sp³-hybridized carbons (Fsp3) is 0.154. The molecule has 0 radical (unpaired) electrons. The largest absolute Gasteiger partial charge is 0.383 e. The predicted molar refractivity (Wildman–Crippen MR) is 72.3 cm³/mol. The second-order valence-electron chi connectivity index (χ2n) is 4.59. The number of nitrogens with two attached hydrogens (primary N) is 2. The Hall–Kier alpha value is -2.70. The predicted octanol–water partition coefficient (Wildman–Crippen LogP) is 1.25. The smallest absolute Gasteiger partial charge is 0.226 e. The van der Waals surface area contributed by atoms with Crippen molar-refractivity contribution in [3.63, 3.8) is 0 Å². The first-order valence-electron chi connectivity index (χ1n) is 6.03. The minimum atomic E-state index is -0.337. The number of rotatable bonds is 1. The number of amides is 1. The molecule has 0 saturated carbocycles. The third kappa shape index (κ3) is 2.03. The number of halogens is 1. The fourth-order valence-corrected chi connectivity index (χ4v) is 2.39. The summed E-state index contributed by atoms with van der Waals surface area (Å²) in [7, 11) is 0. The van der Waals surface area contributed by atoms with Gasteiger partial charge in [-0.1, -0.05) is 12.1 Å². The number of nitrogens with zero attached hydrogens (tertiary/aromatic N) is 2. The van der Waals surface area contributed by atoms with Gasteiger partial charge in [-0.3, -0.25) is 4.79 Å².